The molecule has 2 N–H and O–H groups in total. The summed E-state index contributed by atoms with van der Waals surface area (Å²) in [6.07, 6.45) is 0.325. The number of rotatable bonds is 4. The maximum absolute atomic E-state index is 12.6. The maximum Gasteiger partial charge on any atom is 0.282 e. The number of hydrogen-bond acceptors (Lipinski definition) is 5. The molecule has 0 atom stereocenters. The van der Waals surface area contributed by atoms with Crippen molar-refractivity contribution in [2.24, 2.45) is 5.73 Å². The molecule has 10 heteroatoms. The second-order valence-electron chi connectivity index (χ2n) is 5.53. The number of amides is 1. The molecule has 0 bridgehead atoms. The molecule has 1 amide bonds. The average Bonchev–Trinajstić information content (AvgIpc) is 2.48. The van der Waals surface area contributed by atoms with Gasteiger partial charge in [-0.2, -0.15) is 17.0 Å². The molecule has 0 aliphatic carbocycles. The van der Waals surface area contributed by atoms with Gasteiger partial charge in [-0.15, -0.1) is 12.4 Å². The molecule has 2 rings (SSSR count). The number of nitrogens with two attached hydrogens (primary N) is 1. The minimum absolute atomic E-state index is 0. The maximum atomic E-state index is 12.6. The van der Waals surface area contributed by atoms with E-state index in [1.54, 1.807) is 9.21 Å². The lowest BCUT2D eigenvalue weighted by Gasteiger charge is -2.39. The zero-order valence-electron chi connectivity index (χ0n) is 13.0. The largest absolute Gasteiger partial charge is 0.340 e. The van der Waals surface area contributed by atoms with Crippen molar-refractivity contribution >= 4 is 28.5 Å². The number of nitrogens with zero attached hydrogens (tertiary/aromatic N) is 4. The summed E-state index contributed by atoms with van der Waals surface area (Å²) in [5.74, 6) is 0.00847. The number of carbonyl (C=O) groups excluding carboxylic acids is 1. The fourth-order valence-electron chi connectivity index (χ4n) is 2.63. The summed E-state index contributed by atoms with van der Waals surface area (Å²) in [7, 11) is -1.40. The van der Waals surface area contributed by atoms with Gasteiger partial charge in [0.05, 0.1) is 0 Å². The third kappa shape index (κ3) is 4.53. The van der Waals surface area contributed by atoms with Gasteiger partial charge in [0.15, 0.2) is 0 Å². The first-order valence-corrected chi connectivity index (χ1v) is 8.76. The molecule has 8 nitrogen and oxygen atoms in total. The zero-order chi connectivity index (χ0) is 15.5. The smallest absolute Gasteiger partial charge is 0.282 e. The summed E-state index contributed by atoms with van der Waals surface area (Å²) in [4.78, 5) is 15.6. The number of carbonyl (C=O) groups is 1. The van der Waals surface area contributed by atoms with Crippen LogP contribution in [0.25, 0.3) is 0 Å². The molecule has 0 unspecified atom stereocenters. The van der Waals surface area contributed by atoms with Crippen molar-refractivity contribution in [3.63, 3.8) is 0 Å². The van der Waals surface area contributed by atoms with Crippen LogP contribution in [0.5, 0.6) is 0 Å². The molecule has 2 heterocycles. The number of hydrogen-bond donors (Lipinski definition) is 1. The van der Waals surface area contributed by atoms with Gasteiger partial charge >= 0.3 is 0 Å². The normalized spacial score (nSPS) is 22.4. The standard InChI is InChI=1S/C12H25N5O3S.ClH/c1-14-4-8-16(9-5-14)21(19,20)17-10-6-15(7-11-17)12(18)2-3-13;/h2-11,13H2,1H3;1H. The van der Waals surface area contributed by atoms with Gasteiger partial charge in [0.25, 0.3) is 10.2 Å². The van der Waals surface area contributed by atoms with Crippen molar-refractivity contribution in [1.29, 1.82) is 0 Å². The Morgan fingerprint density at radius 2 is 1.41 bits per heavy atom. The molecule has 0 radical (unpaired) electrons. The van der Waals surface area contributed by atoms with Crippen molar-refractivity contribution in [1.82, 2.24) is 18.4 Å². The third-order valence-electron chi connectivity index (χ3n) is 4.06. The first kappa shape index (κ1) is 19.6. The molecule has 0 saturated carbocycles. The Morgan fingerprint density at radius 1 is 0.955 bits per heavy atom. The van der Waals surface area contributed by atoms with Crippen LogP contribution in [0, 0.1) is 0 Å². The summed E-state index contributed by atoms with van der Waals surface area (Å²) in [6, 6.07) is 0. The predicted octanol–water partition coefficient (Wildman–Crippen LogP) is -1.61. The van der Waals surface area contributed by atoms with Crippen LogP contribution in [0.1, 0.15) is 6.42 Å². The highest BCUT2D eigenvalue weighted by molar-refractivity contribution is 7.86. The number of piperazine rings is 2. The average molecular weight is 356 g/mol. The van der Waals surface area contributed by atoms with Gasteiger partial charge in [-0.3, -0.25) is 4.79 Å². The first-order valence-electron chi connectivity index (χ1n) is 7.37. The van der Waals surface area contributed by atoms with Gasteiger partial charge in [-0.05, 0) is 7.05 Å². The topological polar surface area (TPSA) is 90.2 Å². The van der Waals surface area contributed by atoms with Gasteiger partial charge in [0, 0.05) is 65.3 Å². The molecule has 130 valence electrons. The summed E-state index contributed by atoms with van der Waals surface area (Å²) < 4.78 is 28.2. The Bertz CT molecular complexity index is 459. The summed E-state index contributed by atoms with van der Waals surface area (Å²) in [6.45, 7) is 4.55. The summed E-state index contributed by atoms with van der Waals surface area (Å²) in [5, 5.41) is 0. The number of halogens is 1. The molecule has 2 aliphatic rings. The van der Waals surface area contributed by atoms with Crippen LogP contribution in [0.15, 0.2) is 0 Å². The second-order valence-corrected chi connectivity index (χ2v) is 7.46. The minimum atomic E-state index is -3.39. The lowest BCUT2D eigenvalue weighted by atomic mass is 10.3. The van der Waals surface area contributed by atoms with E-state index in [-0.39, 0.29) is 18.3 Å². The van der Waals surface area contributed by atoms with Crippen LogP contribution in [0.3, 0.4) is 0 Å². The summed E-state index contributed by atoms with van der Waals surface area (Å²) in [5.41, 5.74) is 5.38. The highest BCUT2D eigenvalue weighted by atomic mass is 35.5. The van der Waals surface area contributed by atoms with Crippen LogP contribution in [0.2, 0.25) is 0 Å². The SMILES string of the molecule is CN1CCN(S(=O)(=O)N2CCN(C(=O)CCN)CC2)CC1.Cl. The van der Waals surface area contributed by atoms with Gasteiger partial charge in [0.2, 0.25) is 5.91 Å². The highest BCUT2D eigenvalue weighted by Crippen LogP contribution is 2.14. The Balaban J connectivity index is 0.00000242. The van der Waals surface area contributed by atoms with Crippen LogP contribution in [-0.4, -0.2) is 98.7 Å². The van der Waals surface area contributed by atoms with E-state index in [1.807, 2.05) is 7.05 Å². The van der Waals surface area contributed by atoms with Crippen molar-refractivity contribution in [3.8, 4) is 0 Å². The minimum Gasteiger partial charge on any atom is -0.340 e. The molecule has 0 aromatic carbocycles. The zero-order valence-corrected chi connectivity index (χ0v) is 14.6. The van der Waals surface area contributed by atoms with Crippen molar-refractivity contribution < 1.29 is 13.2 Å². The monoisotopic (exact) mass is 355 g/mol. The van der Waals surface area contributed by atoms with E-state index >= 15 is 0 Å². The molecule has 22 heavy (non-hydrogen) atoms. The molecule has 0 spiro atoms. The van der Waals surface area contributed by atoms with Crippen molar-refractivity contribution in [2.75, 3.05) is 66.0 Å². The Hall–Kier alpha value is -0.450. The van der Waals surface area contributed by atoms with Gasteiger partial charge in [-0.25, -0.2) is 0 Å². The van der Waals surface area contributed by atoms with E-state index in [0.717, 1.165) is 13.1 Å². The van der Waals surface area contributed by atoms with E-state index < -0.39 is 10.2 Å². The van der Waals surface area contributed by atoms with E-state index in [1.165, 1.54) is 4.31 Å². The highest BCUT2D eigenvalue weighted by Gasteiger charge is 2.34. The fraction of sp³-hybridized carbons (Fsp3) is 0.917. The summed E-state index contributed by atoms with van der Waals surface area (Å²) >= 11 is 0. The Kier molecular flexibility index (Phi) is 7.50. The lowest BCUT2D eigenvalue weighted by molar-refractivity contribution is -0.132. The molecule has 2 aliphatic heterocycles. The third-order valence-corrected chi connectivity index (χ3v) is 6.10. The van der Waals surface area contributed by atoms with Crippen LogP contribution >= 0.6 is 12.4 Å². The van der Waals surface area contributed by atoms with Gasteiger partial charge in [0.1, 0.15) is 0 Å². The van der Waals surface area contributed by atoms with Gasteiger partial charge < -0.3 is 15.5 Å². The van der Waals surface area contributed by atoms with Crippen molar-refractivity contribution in [2.45, 2.75) is 6.42 Å². The van der Waals surface area contributed by atoms with Crippen molar-refractivity contribution in [3.05, 3.63) is 0 Å². The predicted molar refractivity (Wildman–Crippen MR) is 87.1 cm³/mol. The molecular formula is C12H26ClN5O3S. The molecule has 0 aromatic rings. The van der Waals surface area contributed by atoms with E-state index in [4.69, 9.17) is 5.73 Å². The van der Waals surface area contributed by atoms with Crippen LogP contribution in [0.4, 0.5) is 0 Å². The molecule has 2 saturated heterocycles. The van der Waals surface area contributed by atoms with E-state index in [2.05, 4.69) is 4.90 Å². The second kappa shape index (κ2) is 8.42. The van der Waals surface area contributed by atoms with Gasteiger partial charge in [-0.1, -0.05) is 0 Å². The van der Waals surface area contributed by atoms with Crippen LogP contribution < -0.4 is 5.73 Å². The number of likely N-dealkylation sites (N-methyl/N-ethyl adjacent to an activating group) is 1. The quantitative estimate of drug-likeness (QED) is 0.655. The fourth-order valence-corrected chi connectivity index (χ4v) is 4.21. The Labute approximate surface area is 138 Å². The lowest BCUT2D eigenvalue weighted by Crippen LogP contribution is -2.57. The van der Waals surface area contributed by atoms with E-state index in [9.17, 15) is 13.2 Å². The molecule has 2 fully saturated rings. The van der Waals surface area contributed by atoms with E-state index in [0.29, 0.717) is 52.2 Å². The van der Waals surface area contributed by atoms with Crippen LogP contribution in [-0.2, 0) is 15.0 Å². The molecule has 0 aromatic heterocycles. The molecular weight excluding hydrogens is 330 g/mol. The Morgan fingerprint density at radius 3 is 1.86 bits per heavy atom. The first-order chi connectivity index (χ1) is 9.95.